The SMILES string of the molecule is C=C(S/C=C(\C)Cc1cc(C)c(I)cc1C)c1ccc2c(c1)C(=O)CCCC2. The van der Waals surface area contributed by atoms with Crippen LogP contribution in [0.1, 0.15) is 64.4 Å². The summed E-state index contributed by atoms with van der Waals surface area (Å²) in [5, 5.41) is 2.20. The molecule has 3 rings (SSSR count). The molecule has 0 radical (unpaired) electrons. The summed E-state index contributed by atoms with van der Waals surface area (Å²) < 4.78 is 1.32. The fraction of sp³-hybridized carbons (Fsp3) is 0.320. The number of allylic oxidation sites excluding steroid dienone is 1. The Labute approximate surface area is 186 Å². The van der Waals surface area contributed by atoms with Crippen molar-refractivity contribution in [2.24, 2.45) is 0 Å². The van der Waals surface area contributed by atoms with E-state index < -0.39 is 0 Å². The number of fused-ring (bicyclic) bond motifs is 1. The summed E-state index contributed by atoms with van der Waals surface area (Å²) in [5.41, 5.74) is 8.54. The van der Waals surface area contributed by atoms with E-state index in [1.807, 2.05) is 6.07 Å². The van der Waals surface area contributed by atoms with Gasteiger partial charge in [-0.1, -0.05) is 42.1 Å². The first-order valence-electron chi connectivity index (χ1n) is 9.78. The van der Waals surface area contributed by atoms with Gasteiger partial charge in [-0.05, 0) is 114 Å². The molecule has 0 amide bonds. The Morgan fingerprint density at radius 2 is 1.89 bits per heavy atom. The Morgan fingerprint density at radius 1 is 1.14 bits per heavy atom. The zero-order chi connectivity index (χ0) is 20.3. The minimum Gasteiger partial charge on any atom is -0.294 e. The minimum absolute atomic E-state index is 0.281. The molecular formula is C25H27IOS. The summed E-state index contributed by atoms with van der Waals surface area (Å²) in [7, 11) is 0. The number of benzene rings is 2. The minimum atomic E-state index is 0.281. The quantitative estimate of drug-likeness (QED) is 0.308. The maximum Gasteiger partial charge on any atom is 0.163 e. The average Bonchev–Trinajstić information content (AvgIpc) is 2.85. The van der Waals surface area contributed by atoms with Gasteiger partial charge in [0.15, 0.2) is 5.78 Å². The Hall–Kier alpha value is -1.33. The second kappa shape index (κ2) is 9.45. The summed E-state index contributed by atoms with van der Waals surface area (Å²) >= 11 is 4.05. The third-order valence-electron chi connectivity index (χ3n) is 5.32. The van der Waals surface area contributed by atoms with Crippen molar-refractivity contribution in [3.8, 4) is 0 Å². The van der Waals surface area contributed by atoms with E-state index in [-0.39, 0.29) is 5.78 Å². The van der Waals surface area contributed by atoms with Crippen molar-refractivity contribution in [1.82, 2.24) is 0 Å². The molecule has 0 spiro atoms. The molecule has 0 unspecified atom stereocenters. The highest BCUT2D eigenvalue weighted by molar-refractivity contribution is 14.1. The Morgan fingerprint density at radius 3 is 2.68 bits per heavy atom. The molecule has 0 aromatic heterocycles. The van der Waals surface area contributed by atoms with Gasteiger partial charge in [0.25, 0.3) is 0 Å². The van der Waals surface area contributed by atoms with Gasteiger partial charge in [0.05, 0.1) is 0 Å². The molecule has 28 heavy (non-hydrogen) atoms. The molecule has 3 heteroatoms. The van der Waals surface area contributed by atoms with Gasteiger partial charge < -0.3 is 0 Å². The standard InChI is InChI=1S/C25H27IOS/c1-16(11-22-12-18(3)24(26)13-17(22)2)15-28-19(4)21-10-9-20-7-5-6-8-25(27)23(20)14-21/h9-10,12-15H,4-8,11H2,1-3H3/b16-15+. The normalized spacial score (nSPS) is 14.6. The topological polar surface area (TPSA) is 17.1 Å². The first kappa shape index (κ1) is 21.4. The van der Waals surface area contributed by atoms with Gasteiger partial charge in [0.2, 0.25) is 0 Å². The Bertz CT molecular complexity index is 955. The van der Waals surface area contributed by atoms with Crippen molar-refractivity contribution in [2.75, 3.05) is 0 Å². The number of hydrogen-bond acceptors (Lipinski definition) is 2. The molecule has 0 saturated carbocycles. The highest BCUT2D eigenvalue weighted by atomic mass is 127. The number of thioether (sulfide) groups is 1. The zero-order valence-corrected chi connectivity index (χ0v) is 19.9. The first-order chi connectivity index (χ1) is 13.3. The smallest absolute Gasteiger partial charge is 0.163 e. The van der Waals surface area contributed by atoms with Crippen LogP contribution in [0.4, 0.5) is 0 Å². The van der Waals surface area contributed by atoms with Gasteiger partial charge in [-0.2, -0.15) is 0 Å². The Kier molecular flexibility index (Phi) is 7.21. The van der Waals surface area contributed by atoms with Crippen LogP contribution in [0, 0.1) is 17.4 Å². The number of ketones is 1. The van der Waals surface area contributed by atoms with E-state index in [0.717, 1.165) is 41.7 Å². The molecule has 2 aromatic carbocycles. The van der Waals surface area contributed by atoms with Crippen LogP contribution in [0.2, 0.25) is 0 Å². The van der Waals surface area contributed by atoms with Crippen molar-refractivity contribution in [2.45, 2.75) is 52.9 Å². The summed E-state index contributed by atoms with van der Waals surface area (Å²) in [4.78, 5) is 13.4. The van der Waals surface area contributed by atoms with Crippen LogP contribution in [-0.2, 0) is 12.8 Å². The fourth-order valence-corrected chi connectivity index (χ4v) is 4.89. The van der Waals surface area contributed by atoms with Crippen LogP contribution in [-0.4, -0.2) is 5.78 Å². The molecule has 0 heterocycles. The highest BCUT2D eigenvalue weighted by Gasteiger charge is 2.16. The number of carbonyl (C=O) groups is 1. The van der Waals surface area contributed by atoms with Crippen LogP contribution < -0.4 is 0 Å². The number of hydrogen-bond donors (Lipinski definition) is 0. The van der Waals surface area contributed by atoms with E-state index in [9.17, 15) is 4.79 Å². The predicted molar refractivity (Wildman–Crippen MR) is 131 cm³/mol. The predicted octanol–water partition coefficient (Wildman–Crippen LogP) is 7.67. The third-order valence-corrected chi connectivity index (χ3v) is 7.52. The zero-order valence-electron chi connectivity index (χ0n) is 16.9. The second-order valence-electron chi connectivity index (χ2n) is 7.71. The number of halogens is 1. The van der Waals surface area contributed by atoms with E-state index in [1.165, 1.54) is 31.4 Å². The molecule has 0 saturated heterocycles. The van der Waals surface area contributed by atoms with Crippen molar-refractivity contribution in [3.05, 3.63) is 84.8 Å². The van der Waals surface area contributed by atoms with Crippen molar-refractivity contribution < 1.29 is 4.79 Å². The molecule has 2 aromatic rings. The van der Waals surface area contributed by atoms with Crippen molar-refractivity contribution >= 4 is 45.0 Å². The van der Waals surface area contributed by atoms with E-state index in [2.05, 4.69) is 79.6 Å². The number of carbonyl (C=O) groups excluding carboxylic acids is 1. The van der Waals surface area contributed by atoms with Gasteiger partial charge in [-0.3, -0.25) is 4.79 Å². The van der Waals surface area contributed by atoms with E-state index in [4.69, 9.17) is 0 Å². The van der Waals surface area contributed by atoms with Crippen LogP contribution in [0.25, 0.3) is 4.91 Å². The average molecular weight is 502 g/mol. The molecule has 0 bridgehead atoms. The van der Waals surface area contributed by atoms with E-state index in [1.54, 1.807) is 11.8 Å². The first-order valence-corrected chi connectivity index (χ1v) is 11.7. The van der Waals surface area contributed by atoms with Crippen LogP contribution in [0.5, 0.6) is 0 Å². The summed E-state index contributed by atoms with van der Waals surface area (Å²) in [5.74, 6) is 0.281. The van der Waals surface area contributed by atoms with Gasteiger partial charge >= 0.3 is 0 Å². The molecule has 0 fully saturated rings. The fourth-order valence-electron chi connectivity index (χ4n) is 3.58. The maximum absolute atomic E-state index is 12.4. The second-order valence-corrected chi connectivity index (χ2v) is 9.84. The van der Waals surface area contributed by atoms with Crippen LogP contribution in [0.15, 0.2) is 47.9 Å². The summed E-state index contributed by atoms with van der Waals surface area (Å²) in [6.45, 7) is 10.8. The molecule has 0 atom stereocenters. The lowest BCUT2D eigenvalue weighted by Gasteiger charge is -2.11. The molecular weight excluding hydrogens is 475 g/mol. The van der Waals surface area contributed by atoms with Crippen molar-refractivity contribution in [3.63, 3.8) is 0 Å². The Balaban J connectivity index is 1.71. The van der Waals surface area contributed by atoms with Gasteiger partial charge in [-0.25, -0.2) is 0 Å². The molecule has 146 valence electrons. The summed E-state index contributed by atoms with van der Waals surface area (Å²) in [6, 6.07) is 10.8. The van der Waals surface area contributed by atoms with Gasteiger partial charge in [-0.15, -0.1) is 0 Å². The molecule has 1 aliphatic carbocycles. The summed E-state index contributed by atoms with van der Waals surface area (Å²) in [6.07, 6.45) is 4.73. The monoisotopic (exact) mass is 502 g/mol. The molecule has 0 aliphatic heterocycles. The lowest BCUT2D eigenvalue weighted by Crippen LogP contribution is -2.00. The number of aryl methyl sites for hydroxylation is 3. The van der Waals surface area contributed by atoms with E-state index in [0.29, 0.717) is 6.42 Å². The molecule has 1 aliphatic rings. The lowest BCUT2D eigenvalue weighted by molar-refractivity contribution is 0.0982. The number of Topliss-reactive ketones (excluding diaryl/α,β-unsaturated/α-hetero) is 1. The number of rotatable bonds is 5. The third kappa shape index (κ3) is 5.18. The molecule has 1 nitrogen and oxygen atoms in total. The van der Waals surface area contributed by atoms with Gasteiger partial charge in [0, 0.05) is 20.5 Å². The van der Waals surface area contributed by atoms with Crippen LogP contribution >= 0.6 is 34.4 Å². The van der Waals surface area contributed by atoms with Crippen LogP contribution in [0.3, 0.4) is 0 Å². The van der Waals surface area contributed by atoms with Gasteiger partial charge in [0.1, 0.15) is 0 Å². The van der Waals surface area contributed by atoms with Crippen molar-refractivity contribution in [1.29, 1.82) is 0 Å². The maximum atomic E-state index is 12.4. The molecule has 0 N–H and O–H groups in total. The lowest BCUT2D eigenvalue weighted by atomic mass is 9.99. The largest absolute Gasteiger partial charge is 0.294 e. The highest BCUT2D eigenvalue weighted by Crippen LogP contribution is 2.31. The van der Waals surface area contributed by atoms with E-state index >= 15 is 0 Å².